The van der Waals surface area contributed by atoms with Gasteiger partial charge in [-0.05, 0) is 19.9 Å². The van der Waals surface area contributed by atoms with E-state index in [0.717, 1.165) is 29.9 Å². The molecule has 0 radical (unpaired) electrons. The van der Waals surface area contributed by atoms with Crippen molar-refractivity contribution in [2.75, 3.05) is 13.7 Å². The standard InChI is InChI=1S/C19H17F4N3O4/c1-9(2)25-14-4-10(18(27)29-3)11(20)5-15(14)26(19(25)28)13-6-17(24-7-12(13)21)30-8-16(22)23/h4-7,9,16H,8H2,1-3H3. The molecule has 0 unspecified atom stereocenters. The number of esters is 1. The van der Waals surface area contributed by atoms with Crippen LogP contribution in [0.15, 0.2) is 29.2 Å². The Bertz CT molecular complexity index is 1170. The Morgan fingerprint density at radius 2 is 1.83 bits per heavy atom. The number of aromatic nitrogens is 3. The average Bonchev–Trinajstić information content (AvgIpc) is 2.97. The van der Waals surface area contributed by atoms with E-state index in [1.165, 1.54) is 4.57 Å². The molecular weight excluding hydrogens is 410 g/mol. The first kappa shape index (κ1) is 21.3. The molecule has 0 N–H and O–H groups in total. The Balaban J connectivity index is 2.31. The first-order valence-electron chi connectivity index (χ1n) is 8.77. The van der Waals surface area contributed by atoms with Crippen molar-refractivity contribution in [3.8, 4) is 11.6 Å². The zero-order valence-electron chi connectivity index (χ0n) is 16.2. The smallest absolute Gasteiger partial charge is 0.340 e. The predicted molar refractivity (Wildman–Crippen MR) is 98.5 cm³/mol. The van der Waals surface area contributed by atoms with Gasteiger partial charge in [-0.2, -0.15) is 0 Å². The molecule has 0 aliphatic heterocycles. The fourth-order valence-electron chi connectivity index (χ4n) is 3.04. The summed E-state index contributed by atoms with van der Waals surface area (Å²) in [6.07, 6.45) is -2.07. The van der Waals surface area contributed by atoms with Crippen LogP contribution in [-0.4, -0.2) is 40.2 Å². The summed E-state index contributed by atoms with van der Waals surface area (Å²) < 4.78 is 65.3. The molecule has 11 heteroatoms. The zero-order chi connectivity index (χ0) is 22.2. The molecule has 160 valence electrons. The second-order valence-electron chi connectivity index (χ2n) is 6.57. The van der Waals surface area contributed by atoms with E-state index in [2.05, 4.69) is 9.72 Å². The molecule has 2 aromatic heterocycles. The van der Waals surface area contributed by atoms with Gasteiger partial charge in [-0.15, -0.1) is 0 Å². The number of halogens is 4. The highest BCUT2D eigenvalue weighted by molar-refractivity contribution is 5.94. The molecule has 3 rings (SSSR count). The van der Waals surface area contributed by atoms with Gasteiger partial charge >= 0.3 is 11.7 Å². The average molecular weight is 427 g/mol. The normalized spacial score (nSPS) is 11.5. The third kappa shape index (κ3) is 3.74. The van der Waals surface area contributed by atoms with Gasteiger partial charge in [0.2, 0.25) is 5.88 Å². The zero-order valence-corrected chi connectivity index (χ0v) is 16.2. The van der Waals surface area contributed by atoms with Crippen molar-refractivity contribution in [1.82, 2.24) is 14.1 Å². The molecule has 1 aromatic carbocycles. The minimum Gasteiger partial charge on any atom is -0.472 e. The van der Waals surface area contributed by atoms with Crippen LogP contribution in [0.3, 0.4) is 0 Å². The Morgan fingerprint density at radius 1 is 1.13 bits per heavy atom. The van der Waals surface area contributed by atoms with E-state index in [9.17, 15) is 27.2 Å². The van der Waals surface area contributed by atoms with Crippen molar-refractivity contribution in [2.45, 2.75) is 26.3 Å². The monoisotopic (exact) mass is 427 g/mol. The van der Waals surface area contributed by atoms with Gasteiger partial charge in [-0.1, -0.05) is 0 Å². The summed E-state index contributed by atoms with van der Waals surface area (Å²) in [6, 6.07) is 2.58. The number of benzene rings is 1. The second kappa shape index (κ2) is 8.17. The lowest BCUT2D eigenvalue weighted by molar-refractivity contribution is 0.0595. The van der Waals surface area contributed by atoms with Gasteiger partial charge in [0.25, 0.3) is 6.43 Å². The molecule has 0 bridgehead atoms. The van der Waals surface area contributed by atoms with Crippen LogP contribution in [0.25, 0.3) is 16.7 Å². The van der Waals surface area contributed by atoms with Crippen LogP contribution in [0.1, 0.15) is 30.2 Å². The van der Waals surface area contributed by atoms with Crippen molar-refractivity contribution in [3.05, 3.63) is 52.1 Å². The number of pyridine rings is 1. The maximum Gasteiger partial charge on any atom is 0.340 e. The van der Waals surface area contributed by atoms with Gasteiger partial charge in [0.15, 0.2) is 12.4 Å². The minimum absolute atomic E-state index is 0.0382. The van der Waals surface area contributed by atoms with Gasteiger partial charge < -0.3 is 9.47 Å². The fraction of sp³-hybridized carbons (Fsp3) is 0.316. The molecule has 3 aromatic rings. The fourth-order valence-corrected chi connectivity index (χ4v) is 3.04. The number of alkyl halides is 2. The molecule has 0 saturated carbocycles. The van der Waals surface area contributed by atoms with Crippen molar-refractivity contribution in [2.24, 2.45) is 0 Å². The second-order valence-corrected chi connectivity index (χ2v) is 6.57. The van der Waals surface area contributed by atoms with Gasteiger partial charge in [0, 0.05) is 18.2 Å². The molecule has 2 heterocycles. The molecule has 0 aliphatic carbocycles. The van der Waals surface area contributed by atoms with Crippen molar-refractivity contribution < 1.29 is 31.8 Å². The van der Waals surface area contributed by atoms with Crippen LogP contribution in [0.2, 0.25) is 0 Å². The van der Waals surface area contributed by atoms with Gasteiger partial charge in [0.1, 0.15) is 5.82 Å². The van der Waals surface area contributed by atoms with Gasteiger partial charge in [-0.25, -0.2) is 32.1 Å². The van der Waals surface area contributed by atoms with E-state index in [-0.39, 0.29) is 22.6 Å². The molecule has 0 aliphatic rings. The topological polar surface area (TPSA) is 75.3 Å². The van der Waals surface area contributed by atoms with Gasteiger partial charge in [-0.3, -0.25) is 9.13 Å². The quantitative estimate of drug-likeness (QED) is 0.445. The predicted octanol–water partition coefficient (Wildman–Crippen LogP) is 3.48. The Hall–Kier alpha value is -3.37. The number of rotatable bonds is 6. The highest BCUT2D eigenvalue weighted by Crippen LogP contribution is 2.26. The van der Waals surface area contributed by atoms with Crippen LogP contribution in [0.5, 0.6) is 5.88 Å². The first-order valence-corrected chi connectivity index (χ1v) is 8.77. The van der Waals surface area contributed by atoms with E-state index in [1.54, 1.807) is 13.8 Å². The highest BCUT2D eigenvalue weighted by Gasteiger charge is 2.24. The lowest BCUT2D eigenvalue weighted by atomic mass is 10.1. The van der Waals surface area contributed by atoms with Crippen LogP contribution in [0.4, 0.5) is 17.6 Å². The third-order valence-corrected chi connectivity index (χ3v) is 4.29. The number of carbonyl (C=O) groups excluding carboxylic acids is 1. The molecule has 7 nitrogen and oxygen atoms in total. The van der Waals surface area contributed by atoms with E-state index < -0.39 is 47.9 Å². The minimum atomic E-state index is -2.78. The van der Waals surface area contributed by atoms with E-state index in [0.29, 0.717) is 6.20 Å². The summed E-state index contributed by atoms with van der Waals surface area (Å²) in [4.78, 5) is 28.5. The summed E-state index contributed by atoms with van der Waals surface area (Å²) in [6.45, 7) is 2.37. The Labute approximate surface area is 167 Å². The molecule has 30 heavy (non-hydrogen) atoms. The van der Waals surface area contributed by atoms with Crippen LogP contribution < -0.4 is 10.4 Å². The highest BCUT2D eigenvalue weighted by atomic mass is 19.3. The van der Waals surface area contributed by atoms with Crippen LogP contribution >= 0.6 is 0 Å². The number of ether oxygens (including phenoxy) is 2. The van der Waals surface area contributed by atoms with E-state index in [4.69, 9.17) is 4.74 Å². The number of methoxy groups -OCH3 is 1. The molecule has 0 fully saturated rings. The lowest BCUT2D eigenvalue weighted by Gasteiger charge is -2.09. The maximum atomic E-state index is 14.5. The number of hydrogen-bond donors (Lipinski definition) is 0. The van der Waals surface area contributed by atoms with Gasteiger partial charge in [0.05, 0.1) is 35.6 Å². The summed E-state index contributed by atoms with van der Waals surface area (Å²) in [7, 11) is 1.08. The van der Waals surface area contributed by atoms with Crippen molar-refractivity contribution in [3.63, 3.8) is 0 Å². The number of imidazole rings is 1. The number of nitrogens with zero attached hydrogens (tertiary/aromatic N) is 3. The van der Waals surface area contributed by atoms with Crippen molar-refractivity contribution in [1.29, 1.82) is 0 Å². The van der Waals surface area contributed by atoms with E-state index >= 15 is 0 Å². The summed E-state index contributed by atoms with van der Waals surface area (Å²) in [5.74, 6) is -3.22. The summed E-state index contributed by atoms with van der Waals surface area (Å²) >= 11 is 0. The number of hydrogen-bond acceptors (Lipinski definition) is 5. The first-order chi connectivity index (χ1) is 14.1. The van der Waals surface area contributed by atoms with Crippen molar-refractivity contribution >= 4 is 17.0 Å². The SMILES string of the molecule is COC(=O)c1cc2c(cc1F)n(-c1cc(OCC(F)F)ncc1F)c(=O)n2C(C)C. The van der Waals surface area contributed by atoms with E-state index in [1.807, 2.05) is 0 Å². The van der Waals surface area contributed by atoms with Crippen LogP contribution in [0, 0.1) is 11.6 Å². The molecular formula is C19H17F4N3O4. The lowest BCUT2D eigenvalue weighted by Crippen LogP contribution is -2.25. The molecule has 0 spiro atoms. The molecule has 0 amide bonds. The number of carbonyl (C=O) groups is 1. The summed E-state index contributed by atoms with van der Waals surface area (Å²) in [5.41, 5.74) is -1.38. The largest absolute Gasteiger partial charge is 0.472 e. The third-order valence-electron chi connectivity index (χ3n) is 4.29. The van der Waals surface area contributed by atoms with Crippen LogP contribution in [-0.2, 0) is 4.74 Å². The summed E-state index contributed by atoms with van der Waals surface area (Å²) in [5, 5.41) is 0. The molecule has 0 atom stereocenters. The Kier molecular flexibility index (Phi) is 5.81. The number of fused-ring (bicyclic) bond motifs is 1. The maximum absolute atomic E-state index is 14.5. The molecule has 0 saturated heterocycles. The Morgan fingerprint density at radius 3 is 2.43 bits per heavy atom.